The third-order valence-electron chi connectivity index (χ3n) is 5.25. The first-order chi connectivity index (χ1) is 13.7. The first kappa shape index (κ1) is 23.2. The van der Waals surface area contributed by atoms with Crippen LogP contribution in [0.3, 0.4) is 0 Å². The van der Waals surface area contributed by atoms with Gasteiger partial charge in [-0.25, -0.2) is 0 Å². The van der Waals surface area contributed by atoms with Crippen LogP contribution in [0, 0.1) is 11.3 Å². The largest absolute Gasteiger partial charge is 0.371 e. The Morgan fingerprint density at radius 3 is 2.45 bits per heavy atom. The van der Waals surface area contributed by atoms with Crippen LogP contribution in [-0.4, -0.2) is 31.4 Å². The quantitative estimate of drug-likeness (QED) is 0.628. The van der Waals surface area contributed by atoms with E-state index in [4.69, 9.17) is 0 Å². The molecule has 5 nitrogen and oxygen atoms in total. The molecular formula is C24H39N3O2. The van der Waals surface area contributed by atoms with E-state index in [-0.39, 0.29) is 17.2 Å². The number of nitrogens with one attached hydrogen (secondary N) is 2. The number of carbonyl (C=O) groups is 2. The molecule has 1 heterocycles. The van der Waals surface area contributed by atoms with Crippen molar-refractivity contribution < 1.29 is 9.59 Å². The molecule has 0 aromatic heterocycles. The van der Waals surface area contributed by atoms with Crippen molar-refractivity contribution in [3.8, 4) is 0 Å². The normalized spacial score (nSPS) is 15.7. The summed E-state index contributed by atoms with van der Waals surface area (Å²) < 4.78 is 0. The van der Waals surface area contributed by atoms with E-state index in [1.165, 1.54) is 6.42 Å². The number of carbonyl (C=O) groups excluding carboxylic acids is 2. The van der Waals surface area contributed by atoms with Crippen LogP contribution >= 0.6 is 0 Å². The van der Waals surface area contributed by atoms with E-state index in [1.807, 2.05) is 25.1 Å². The second-order valence-corrected chi connectivity index (χ2v) is 9.66. The van der Waals surface area contributed by atoms with Gasteiger partial charge in [0, 0.05) is 37.4 Å². The molecule has 29 heavy (non-hydrogen) atoms. The Balaban J connectivity index is 2.13. The minimum Gasteiger partial charge on any atom is -0.371 e. The van der Waals surface area contributed by atoms with Crippen molar-refractivity contribution in [2.75, 3.05) is 29.9 Å². The summed E-state index contributed by atoms with van der Waals surface area (Å²) in [6.45, 7) is 13.4. The number of anilines is 2. The first-order valence-electron chi connectivity index (χ1n) is 11.2. The number of piperidine rings is 1. The molecule has 0 unspecified atom stereocenters. The fourth-order valence-corrected chi connectivity index (χ4v) is 4.19. The number of amides is 2. The Morgan fingerprint density at radius 2 is 1.83 bits per heavy atom. The van der Waals surface area contributed by atoms with E-state index in [2.05, 4.69) is 43.2 Å². The molecule has 1 aromatic rings. The number of hydrogen-bond acceptors (Lipinski definition) is 3. The van der Waals surface area contributed by atoms with Gasteiger partial charge in [0.25, 0.3) is 5.91 Å². The van der Waals surface area contributed by atoms with Crippen molar-refractivity contribution in [3.05, 3.63) is 23.8 Å². The Morgan fingerprint density at radius 1 is 1.14 bits per heavy atom. The molecular weight excluding hydrogens is 362 g/mol. The van der Waals surface area contributed by atoms with Crippen LogP contribution in [-0.2, 0) is 4.79 Å². The molecule has 0 aliphatic carbocycles. The number of nitrogens with zero attached hydrogens (tertiary/aromatic N) is 1. The summed E-state index contributed by atoms with van der Waals surface area (Å²) in [7, 11) is 0. The fourth-order valence-electron chi connectivity index (χ4n) is 4.19. The zero-order valence-electron chi connectivity index (χ0n) is 18.9. The standard InChI is InChI=1S/C24H39N3O2/c1-6-12-25-23(29)20-16-19(10-11-21(20)27-13-8-7-9-14-27)26-22(28)15-18(2)17-24(3,4)5/h10-11,16,18H,6-9,12-15,17H2,1-5H3,(H,25,29)(H,26,28)/t18-/m0/s1. The molecule has 2 rings (SSSR count). The van der Waals surface area contributed by atoms with Gasteiger partial charge in [0.05, 0.1) is 5.56 Å². The Labute approximate surface area is 176 Å². The Bertz CT molecular complexity index is 688. The highest BCUT2D eigenvalue weighted by atomic mass is 16.2. The second-order valence-electron chi connectivity index (χ2n) is 9.66. The summed E-state index contributed by atoms with van der Waals surface area (Å²) >= 11 is 0. The maximum atomic E-state index is 12.8. The van der Waals surface area contributed by atoms with Gasteiger partial charge in [0.1, 0.15) is 0 Å². The van der Waals surface area contributed by atoms with Gasteiger partial charge < -0.3 is 15.5 Å². The molecule has 0 radical (unpaired) electrons. The summed E-state index contributed by atoms with van der Waals surface area (Å²) in [4.78, 5) is 27.6. The molecule has 0 bridgehead atoms. The lowest BCUT2D eigenvalue weighted by molar-refractivity contribution is -0.117. The van der Waals surface area contributed by atoms with Crippen LogP contribution in [0.2, 0.25) is 0 Å². The van der Waals surface area contributed by atoms with Gasteiger partial charge in [-0.1, -0.05) is 34.6 Å². The Hall–Kier alpha value is -2.04. The van der Waals surface area contributed by atoms with E-state index in [9.17, 15) is 9.59 Å². The molecule has 1 aromatic carbocycles. The zero-order chi connectivity index (χ0) is 21.4. The first-order valence-corrected chi connectivity index (χ1v) is 11.2. The average molecular weight is 402 g/mol. The van der Waals surface area contributed by atoms with Crippen LogP contribution < -0.4 is 15.5 Å². The van der Waals surface area contributed by atoms with E-state index < -0.39 is 0 Å². The fraction of sp³-hybridized carbons (Fsp3) is 0.667. The SMILES string of the molecule is CCCNC(=O)c1cc(NC(=O)C[C@H](C)CC(C)(C)C)ccc1N1CCCCC1. The molecule has 0 saturated carbocycles. The summed E-state index contributed by atoms with van der Waals surface area (Å²) in [5.74, 6) is 0.256. The third-order valence-corrected chi connectivity index (χ3v) is 5.25. The highest BCUT2D eigenvalue weighted by Gasteiger charge is 2.21. The van der Waals surface area contributed by atoms with E-state index >= 15 is 0 Å². The average Bonchev–Trinajstić information content (AvgIpc) is 2.65. The summed E-state index contributed by atoms with van der Waals surface area (Å²) in [6.07, 6.45) is 5.93. The summed E-state index contributed by atoms with van der Waals surface area (Å²) in [5.41, 5.74) is 2.53. The van der Waals surface area contributed by atoms with Crippen LogP contribution in [0.5, 0.6) is 0 Å². The summed E-state index contributed by atoms with van der Waals surface area (Å²) in [6, 6.07) is 5.74. The van der Waals surface area contributed by atoms with Gasteiger partial charge in [-0.2, -0.15) is 0 Å². The molecule has 2 amide bonds. The van der Waals surface area contributed by atoms with Gasteiger partial charge >= 0.3 is 0 Å². The van der Waals surface area contributed by atoms with Crippen molar-refractivity contribution >= 4 is 23.2 Å². The van der Waals surface area contributed by atoms with Crippen LogP contribution in [0.15, 0.2) is 18.2 Å². The Kier molecular flexibility index (Phi) is 8.54. The number of benzene rings is 1. The van der Waals surface area contributed by atoms with Gasteiger partial charge in [-0.05, 0) is 61.6 Å². The minimum atomic E-state index is -0.0652. The van der Waals surface area contributed by atoms with Crippen LogP contribution in [0.4, 0.5) is 11.4 Å². The predicted octanol–water partition coefficient (Wildman–Crippen LogP) is 5.22. The highest BCUT2D eigenvalue weighted by Crippen LogP contribution is 2.29. The lowest BCUT2D eigenvalue weighted by Gasteiger charge is -2.30. The molecule has 1 aliphatic rings. The smallest absolute Gasteiger partial charge is 0.253 e. The minimum absolute atomic E-state index is 0.00684. The van der Waals surface area contributed by atoms with Gasteiger partial charge in [-0.15, -0.1) is 0 Å². The van der Waals surface area contributed by atoms with Gasteiger partial charge in [0.15, 0.2) is 0 Å². The van der Waals surface area contributed by atoms with E-state index in [1.54, 1.807) is 0 Å². The molecule has 1 saturated heterocycles. The monoisotopic (exact) mass is 401 g/mol. The van der Waals surface area contributed by atoms with E-state index in [0.29, 0.717) is 30.1 Å². The maximum absolute atomic E-state index is 12.8. The van der Waals surface area contributed by atoms with Crippen molar-refractivity contribution in [1.82, 2.24) is 5.32 Å². The lowest BCUT2D eigenvalue weighted by Crippen LogP contribution is -2.33. The third kappa shape index (κ3) is 7.71. The molecule has 0 spiro atoms. The summed E-state index contributed by atoms with van der Waals surface area (Å²) in [5, 5.41) is 5.99. The molecule has 162 valence electrons. The van der Waals surface area contributed by atoms with Crippen molar-refractivity contribution in [1.29, 1.82) is 0 Å². The van der Waals surface area contributed by atoms with Gasteiger partial charge in [0.2, 0.25) is 5.91 Å². The predicted molar refractivity (Wildman–Crippen MR) is 122 cm³/mol. The molecule has 1 aliphatic heterocycles. The number of rotatable bonds is 8. The van der Waals surface area contributed by atoms with Gasteiger partial charge in [-0.3, -0.25) is 9.59 Å². The van der Waals surface area contributed by atoms with Crippen molar-refractivity contribution in [2.24, 2.45) is 11.3 Å². The van der Waals surface area contributed by atoms with Crippen LogP contribution in [0.1, 0.15) is 83.5 Å². The van der Waals surface area contributed by atoms with Crippen LogP contribution in [0.25, 0.3) is 0 Å². The maximum Gasteiger partial charge on any atom is 0.253 e. The lowest BCUT2D eigenvalue weighted by atomic mass is 9.84. The topological polar surface area (TPSA) is 61.4 Å². The zero-order valence-corrected chi connectivity index (χ0v) is 18.9. The molecule has 1 fully saturated rings. The van der Waals surface area contributed by atoms with Crippen molar-refractivity contribution in [2.45, 2.75) is 73.1 Å². The molecule has 2 N–H and O–H groups in total. The van der Waals surface area contributed by atoms with E-state index in [0.717, 1.165) is 44.5 Å². The number of hydrogen-bond donors (Lipinski definition) is 2. The molecule has 1 atom stereocenters. The highest BCUT2D eigenvalue weighted by molar-refractivity contribution is 6.02. The van der Waals surface area contributed by atoms with Crippen molar-refractivity contribution in [3.63, 3.8) is 0 Å². The second kappa shape index (κ2) is 10.7. The molecule has 5 heteroatoms.